The van der Waals surface area contributed by atoms with Crippen LogP contribution < -0.4 is 0 Å². The second-order valence-corrected chi connectivity index (χ2v) is 6.40. The molecule has 5 heteroatoms. The summed E-state index contributed by atoms with van der Waals surface area (Å²) in [5, 5.41) is 8.90. The molecule has 4 nitrogen and oxygen atoms in total. The molecule has 2 rings (SSSR count). The second kappa shape index (κ2) is 8.15. The number of hydrogen-bond acceptors (Lipinski definition) is 3. The van der Waals surface area contributed by atoms with Crippen LogP contribution in [0.2, 0.25) is 0 Å². The normalized spacial score (nSPS) is 16.3. The summed E-state index contributed by atoms with van der Waals surface area (Å²) in [5.41, 5.74) is 1.36. The largest absolute Gasteiger partial charge is 0.465 e. The van der Waals surface area contributed by atoms with Gasteiger partial charge in [0.25, 0.3) is 0 Å². The van der Waals surface area contributed by atoms with Crippen molar-refractivity contribution in [2.24, 2.45) is 5.92 Å². The van der Waals surface area contributed by atoms with Crippen LogP contribution in [0.25, 0.3) is 0 Å². The van der Waals surface area contributed by atoms with Crippen LogP contribution in [-0.4, -0.2) is 45.7 Å². The van der Waals surface area contributed by atoms with Crippen molar-refractivity contribution >= 4 is 17.9 Å². The van der Waals surface area contributed by atoms with Gasteiger partial charge in [0.1, 0.15) is 0 Å². The number of rotatable bonds is 6. The van der Waals surface area contributed by atoms with Crippen LogP contribution in [-0.2, 0) is 6.42 Å². The number of nitrogens with zero attached hydrogens (tertiary/aromatic N) is 2. The van der Waals surface area contributed by atoms with Crippen LogP contribution in [0, 0.1) is 5.92 Å². The highest BCUT2D eigenvalue weighted by atomic mass is 32.2. The first-order chi connectivity index (χ1) is 9.75. The molecule has 2 heterocycles. The number of aryl methyl sites for hydroxylation is 1. The van der Waals surface area contributed by atoms with Gasteiger partial charge in [-0.15, -0.1) is 0 Å². The molecule has 0 spiro atoms. The van der Waals surface area contributed by atoms with E-state index in [1.54, 1.807) is 0 Å². The molecule has 1 aliphatic heterocycles. The quantitative estimate of drug-likeness (QED) is 0.819. The first kappa shape index (κ1) is 15.2. The van der Waals surface area contributed by atoms with Crippen molar-refractivity contribution in [1.82, 2.24) is 9.88 Å². The topological polar surface area (TPSA) is 53.4 Å². The number of pyridine rings is 1. The van der Waals surface area contributed by atoms with Crippen molar-refractivity contribution in [2.45, 2.75) is 25.7 Å². The van der Waals surface area contributed by atoms with E-state index >= 15 is 0 Å². The van der Waals surface area contributed by atoms with Crippen molar-refractivity contribution in [1.29, 1.82) is 0 Å². The lowest BCUT2D eigenvalue weighted by Crippen LogP contribution is -2.37. The fourth-order valence-corrected chi connectivity index (χ4v) is 3.65. The average molecular weight is 294 g/mol. The van der Waals surface area contributed by atoms with E-state index in [0.717, 1.165) is 19.3 Å². The first-order valence-electron chi connectivity index (χ1n) is 7.20. The van der Waals surface area contributed by atoms with E-state index in [-0.39, 0.29) is 0 Å². The van der Waals surface area contributed by atoms with E-state index in [9.17, 15) is 4.79 Å². The number of carbonyl (C=O) groups is 1. The molecule has 0 bridgehead atoms. The Labute approximate surface area is 124 Å². The van der Waals surface area contributed by atoms with Crippen LogP contribution >= 0.6 is 11.8 Å². The summed E-state index contributed by atoms with van der Waals surface area (Å²) >= 11 is 2.01. The third-order valence-corrected chi connectivity index (χ3v) is 5.03. The maximum Gasteiger partial charge on any atom is 0.407 e. The van der Waals surface area contributed by atoms with Crippen molar-refractivity contribution in [3.05, 3.63) is 30.1 Å². The number of aromatic nitrogens is 1. The lowest BCUT2D eigenvalue weighted by Gasteiger charge is -2.29. The molecule has 1 N–H and O–H groups in total. The number of amides is 1. The summed E-state index contributed by atoms with van der Waals surface area (Å²) in [4.78, 5) is 16.4. The van der Waals surface area contributed by atoms with Gasteiger partial charge in [0.05, 0.1) is 0 Å². The molecule has 0 unspecified atom stereocenters. The lowest BCUT2D eigenvalue weighted by molar-refractivity contribution is 0.127. The molecule has 20 heavy (non-hydrogen) atoms. The molecule has 1 fully saturated rings. The van der Waals surface area contributed by atoms with Gasteiger partial charge in [0.15, 0.2) is 0 Å². The number of hydrogen-bond donors (Lipinski definition) is 1. The molecule has 1 aromatic heterocycles. The minimum atomic E-state index is -0.770. The Morgan fingerprint density at radius 1 is 1.35 bits per heavy atom. The Kier molecular flexibility index (Phi) is 6.18. The molecule has 0 aliphatic carbocycles. The predicted molar refractivity (Wildman–Crippen MR) is 82.2 cm³/mol. The Hall–Kier alpha value is -1.23. The molecule has 1 saturated heterocycles. The van der Waals surface area contributed by atoms with E-state index in [4.69, 9.17) is 5.11 Å². The Morgan fingerprint density at radius 2 is 2.05 bits per heavy atom. The summed E-state index contributed by atoms with van der Waals surface area (Å²) in [6, 6.07) is 4.15. The van der Waals surface area contributed by atoms with Gasteiger partial charge in [0.2, 0.25) is 0 Å². The van der Waals surface area contributed by atoms with Crippen molar-refractivity contribution in [2.75, 3.05) is 24.6 Å². The summed E-state index contributed by atoms with van der Waals surface area (Å²) in [6.45, 7) is 1.41. The highest BCUT2D eigenvalue weighted by Gasteiger charge is 2.21. The summed E-state index contributed by atoms with van der Waals surface area (Å²) in [7, 11) is 0. The zero-order chi connectivity index (χ0) is 14.2. The Bertz CT molecular complexity index is 406. The van der Waals surface area contributed by atoms with Gasteiger partial charge < -0.3 is 10.0 Å². The van der Waals surface area contributed by atoms with Crippen LogP contribution in [0.3, 0.4) is 0 Å². The SMILES string of the molecule is O=C(O)N1CCC(CSCCCc2ccncc2)CC1. The Balaban J connectivity index is 1.53. The van der Waals surface area contributed by atoms with Crippen LogP contribution in [0.4, 0.5) is 4.79 Å². The summed E-state index contributed by atoms with van der Waals surface area (Å²) in [5.74, 6) is 3.04. The summed E-state index contributed by atoms with van der Waals surface area (Å²) < 4.78 is 0. The molecule has 0 saturated carbocycles. The third kappa shape index (κ3) is 5.04. The summed E-state index contributed by atoms with van der Waals surface area (Å²) in [6.07, 6.45) is 7.27. The minimum Gasteiger partial charge on any atom is -0.465 e. The smallest absolute Gasteiger partial charge is 0.407 e. The van der Waals surface area contributed by atoms with Gasteiger partial charge in [-0.3, -0.25) is 4.98 Å². The van der Waals surface area contributed by atoms with Crippen LogP contribution in [0.5, 0.6) is 0 Å². The highest BCUT2D eigenvalue weighted by molar-refractivity contribution is 7.99. The minimum absolute atomic E-state index is 0.691. The zero-order valence-electron chi connectivity index (χ0n) is 11.7. The molecular formula is C15H22N2O2S. The maximum absolute atomic E-state index is 10.8. The van der Waals surface area contributed by atoms with Crippen LogP contribution in [0.15, 0.2) is 24.5 Å². The average Bonchev–Trinajstić information content (AvgIpc) is 2.48. The van der Waals surface area contributed by atoms with Gasteiger partial charge in [-0.2, -0.15) is 11.8 Å². The monoisotopic (exact) mass is 294 g/mol. The molecule has 1 aliphatic rings. The highest BCUT2D eigenvalue weighted by Crippen LogP contribution is 2.22. The van der Waals surface area contributed by atoms with E-state index in [1.165, 1.54) is 28.4 Å². The van der Waals surface area contributed by atoms with Gasteiger partial charge in [0, 0.05) is 25.5 Å². The number of likely N-dealkylation sites (tertiary alicyclic amines) is 1. The van der Waals surface area contributed by atoms with Crippen molar-refractivity contribution in [3.8, 4) is 0 Å². The zero-order valence-corrected chi connectivity index (χ0v) is 12.5. The molecule has 110 valence electrons. The van der Waals surface area contributed by atoms with Gasteiger partial charge >= 0.3 is 6.09 Å². The fourth-order valence-electron chi connectivity index (χ4n) is 2.47. The molecule has 0 radical (unpaired) electrons. The second-order valence-electron chi connectivity index (χ2n) is 5.25. The van der Waals surface area contributed by atoms with E-state index in [0.29, 0.717) is 19.0 Å². The standard InChI is InChI=1S/C15H22N2O2S/c18-15(19)17-9-5-14(6-10-17)12-20-11-1-2-13-3-7-16-8-4-13/h3-4,7-8,14H,1-2,5-6,9-12H2,(H,18,19). The van der Waals surface area contributed by atoms with E-state index in [1.807, 2.05) is 24.2 Å². The molecule has 0 aromatic carbocycles. The molecule has 0 atom stereocenters. The molecular weight excluding hydrogens is 272 g/mol. The maximum atomic E-state index is 10.8. The van der Waals surface area contributed by atoms with E-state index in [2.05, 4.69) is 17.1 Å². The third-order valence-electron chi connectivity index (χ3n) is 3.74. The molecule has 1 amide bonds. The van der Waals surface area contributed by atoms with E-state index < -0.39 is 6.09 Å². The van der Waals surface area contributed by atoms with Gasteiger partial charge in [-0.25, -0.2) is 4.79 Å². The fraction of sp³-hybridized carbons (Fsp3) is 0.600. The predicted octanol–water partition coefficient (Wildman–Crippen LogP) is 3.14. The first-order valence-corrected chi connectivity index (χ1v) is 8.35. The number of thioether (sulfide) groups is 1. The van der Waals surface area contributed by atoms with Gasteiger partial charge in [-0.1, -0.05) is 0 Å². The number of piperidine rings is 1. The Morgan fingerprint density at radius 3 is 2.70 bits per heavy atom. The van der Waals surface area contributed by atoms with Gasteiger partial charge in [-0.05, 0) is 60.8 Å². The number of carboxylic acid groups (broad SMARTS) is 1. The van der Waals surface area contributed by atoms with Crippen LogP contribution in [0.1, 0.15) is 24.8 Å². The van der Waals surface area contributed by atoms with Crippen molar-refractivity contribution < 1.29 is 9.90 Å². The van der Waals surface area contributed by atoms with Crippen molar-refractivity contribution in [3.63, 3.8) is 0 Å². The molecule has 1 aromatic rings. The lowest BCUT2D eigenvalue weighted by atomic mass is 9.99.